The Morgan fingerprint density at radius 2 is 1.65 bits per heavy atom. The second-order valence-corrected chi connectivity index (χ2v) is 17.5. The molecule has 0 aromatic heterocycles. The van der Waals surface area contributed by atoms with Crippen molar-refractivity contribution in [2.45, 2.75) is 124 Å². The van der Waals surface area contributed by atoms with Gasteiger partial charge in [-0.1, -0.05) is 19.9 Å². The van der Waals surface area contributed by atoms with E-state index in [1.54, 1.807) is 23.8 Å². The lowest BCUT2D eigenvalue weighted by Crippen LogP contribution is -2.55. The number of hydrogen-bond donors (Lipinski definition) is 0. The molecule has 0 bridgehead atoms. The average Bonchev–Trinajstić information content (AvgIpc) is 3.66. The first-order valence-corrected chi connectivity index (χ1v) is 18.3. The highest BCUT2D eigenvalue weighted by Gasteiger charge is 2.52. The van der Waals surface area contributed by atoms with Gasteiger partial charge < -0.3 is 19.4 Å². The largest absolute Gasteiger partial charge is 0.486 e. The first-order valence-electron chi connectivity index (χ1n) is 17.9. The smallest absolute Gasteiger partial charge is 0.245 e. The molecule has 3 fully saturated rings. The zero-order valence-electron chi connectivity index (χ0n) is 31.3. The number of likely N-dealkylation sites (N-methyl/N-ethyl adjacent to an activating group) is 1. The molecule has 1 aromatic rings. The van der Waals surface area contributed by atoms with E-state index in [2.05, 4.69) is 39.5 Å². The van der Waals surface area contributed by atoms with Crippen LogP contribution in [0.15, 0.2) is 18.2 Å². The molecule has 1 saturated carbocycles. The number of thiocarbonyl (C=S) groups is 1. The quantitative estimate of drug-likeness (QED) is 0.277. The molecule has 0 radical (unpaired) electrons. The molecule has 49 heavy (non-hydrogen) atoms. The molecule has 0 N–H and O–H groups in total. The van der Waals surface area contributed by atoms with Gasteiger partial charge in [-0.15, -0.1) is 0 Å². The second kappa shape index (κ2) is 14.9. The van der Waals surface area contributed by atoms with Crippen molar-refractivity contribution in [1.29, 1.82) is 0 Å². The normalized spacial score (nSPS) is 24.9. The van der Waals surface area contributed by atoms with E-state index >= 15 is 4.39 Å². The zero-order valence-corrected chi connectivity index (χ0v) is 32.1. The number of nitrogens with zero attached hydrogens (tertiary/aromatic N) is 4. The van der Waals surface area contributed by atoms with E-state index in [4.69, 9.17) is 17.0 Å². The Labute approximate surface area is 297 Å². The first kappa shape index (κ1) is 39.1. The Balaban J connectivity index is 1.74. The molecule has 2 saturated heterocycles. The molecule has 3 amide bonds. The van der Waals surface area contributed by atoms with Crippen LogP contribution in [0.25, 0.3) is 0 Å². The Morgan fingerprint density at radius 1 is 1.02 bits per heavy atom. The van der Waals surface area contributed by atoms with Crippen LogP contribution in [-0.4, -0.2) is 106 Å². The Morgan fingerprint density at radius 3 is 2.20 bits per heavy atom. The number of hydrogen-bond acceptors (Lipinski definition) is 6. The van der Waals surface area contributed by atoms with Crippen molar-refractivity contribution < 1.29 is 27.9 Å². The Hall–Kier alpha value is -2.66. The second-order valence-electron chi connectivity index (χ2n) is 17.0. The Bertz CT molecular complexity index is 1400. The summed E-state index contributed by atoms with van der Waals surface area (Å²) in [5, 5.41) is 0.366. The van der Waals surface area contributed by atoms with Gasteiger partial charge in [0.2, 0.25) is 17.7 Å². The van der Waals surface area contributed by atoms with E-state index in [0.29, 0.717) is 36.7 Å². The van der Waals surface area contributed by atoms with Crippen molar-refractivity contribution in [3.05, 3.63) is 35.4 Å². The standard InChI is InChI=1S/C38H58F2N4O4S/c1-11-41(10)34(46)32-19-27(44(26-14-16-37(6,7)17-15-26)35(47)38(8,9)23-48-24(2)49)20-43(32)33(45)30-22-42(36(3,4)5)21-29(30)28-13-12-25(39)18-31(28)40/h12-13,18,26-27,29-30,32H,11,14-17,19-23H2,1-10H3/t27-,29-,30+,32-/m0/s1. The summed E-state index contributed by atoms with van der Waals surface area (Å²) in [4.78, 5) is 50.9. The number of carbonyl (C=O) groups excluding carboxylic acids is 3. The minimum atomic E-state index is -0.895. The summed E-state index contributed by atoms with van der Waals surface area (Å²) < 4.78 is 35.0. The van der Waals surface area contributed by atoms with Crippen molar-refractivity contribution in [2.24, 2.45) is 16.7 Å². The maximum absolute atomic E-state index is 15.3. The van der Waals surface area contributed by atoms with E-state index in [1.165, 1.54) is 12.1 Å². The summed E-state index contributed by atoms with van der Waals surface area (Å²) in [6.45, 7) is 19.6. The number of amides is 3. The van der Waals surface area contributed by atoms with Crippen LogP contribution in [0.2, 0.25) is 0 Å². The number of likely N-dealkylation sites (tertiary alicyclic amines) is 2. The van der Waals surface area contributed by atoms with Crippen LogP contribution in [0.1, 0.15) is 106 Å². The highest BCUT2D eigenvalue weighted by atomic mass is 32.1. The van der Waals surface area contributed by atoms with Crippen molar-refractivity contribution in [1.82, 2.24) is 19.6 Å². The zero-order chi connectivity index (χ0) is 36.6. The number of ether oxygens (including phenoxy) is 1. The van der Waals surface area contributed by atoms with Crippen molar-refractivity contribution in [3.8, 4) is 0 Å². The SMILES string of the molecule is CCN(C)C(=O)[C@@H]1C[C@H](N(C(=O)C(C)(C)COC(C)=S)C2CCC(C)(C)CC2)CN1C(=O)[C@@H]1CN(C(C)(C)C)C[C@H]1c1ccc(F)cc1F. The highest BCUT2D eigenvalue weighted by molar-refractivity contribution is 7.80. The van der Waals surface area contributed by atoms with E-state index in [1.807, 2.05) is 25.7 Å². The van der Waals surface area contributed by atoms with Crippen LogP contribution < -0.4 is 0 Å². The fraction of sp³-hybridized carbons (Fsp3) is 0.737. The molecular formula is C38H58F2N4O4S. The van der Waals surface area contributed by atoms with Gasteiger partial charge in [0, 0.05) is 63.7 Å². The van der Waals surface area contributed by atoms with Crippen LogP contribution in [0.4, 0.5) is 8.78 Å². The van der Waals surface area contributed by atoms with Gasteiger partial charge >= 0.3 is 0 Å². The van der Waals surface area contributed by atoms with E-state index in [0.717, 1.165) is 31.7 Å². The van der Waals surface area contributed by atoms with Gasteiger partial charge in [-0.3, -0.25) is 19.3 Å². The van der Waals surface area contributed by atoms with Gasteiger partial charge in [0.1, 0.15) is 24.3 Å². The molecule has 2 heterocycles. The van der Waals surface area contributed by atoms with Gasteiger partial charge in [-0.25, -0.2) is 8.78 Å². The van der Waals surface area contributed by atoms with Gasteiger partial charge in [-0.2, -0.15) is 0 Å². The minimum absolute atomic E-state index is 0.0444. The molecule has 0 spiro atoms. The molecule has 3 aliphatic rings. The third-order valence-corrected chi connectivity index (χ3v) is 11.3. The Kier molecular flexibility index (Phi) is 11.9. The predicted molar refractivity (Wildman–Crippen MR) is 192 cm³/mol. The fourth-order valence-corrected chi connectivity index (χ4v) is 7.88. The lowest BCUT2D eigenvalue weighted by atomic mass is 9.74. The topological polar surface area (TPSA) is 73.4 Å². The minimum Gasteiger partial charge on any atom is -0.486 e. The van der Waals surface area contributed by atoms with Gasteiger partial charge in [0.15, 0.2) is 5.05 Å². The molecule has 4 rings (SSSR count). The van der Waals surface area contributed by atoms with E-state index in [-0.39, 0.29) is 47.9 Å². The lowest BCUT2D eigenvalue weighted by Gasteiger charge is -2.45. The molecule has 1 aliphatic carbocycles. The summed E-state index contributed by atoms with van der Waals surface area (Å²) >= 11 is 5.16. The molecule has 8 nitrogen and oxygen atoms in total. The molecule has 1 aromatic carbocycles. The summed E-state index contributed by atoms with van der Waals surface area (Å²) in [5.74, 6) is -3.02. The summed E-state index contributed by atoms with van der Waals surface area (Å²) in [5.41, 5.74) is -0.729. The highest BCUT2D eigenvalue weighted by Crippen LogP contribution is 2.43. The number of halogens is 2. The van der Waals surface area contributed by atoms with Gasteiger partial charge in [0.05, 0.1) is 17.4 Å². The maximum atomic E-state index is 15.3. The first-order chi connectivity index (χ1) is 22.7. The number of rotatable bonds is 9. The number of carbonyl (C=O) groups is 3. The van der Waals surface area contributed by atoms with Gasteiger partial charge in [-0.05, 0) is 103 Å². The maximum Gasteiger partial charge on any atom is 0.245 e. The molecule has 4 atom stereocenters. The third kappa shape index (κ3) is 8.81. The third-order valence-electron chi connectivity index (χ3n) is 11.2. The molecule has 2 aliphatic heterocycles. The van der Waals surface area contributed by atoms with E-state index < -0.39 is 41.0 Å². The fourth-order valence-electron chi connectivity index (χ4n) is 7.82. The lowest BCUT2D eigenvalue weighted by molar-refractivity contribution is -0.149. The molecule has 11 heteroatoms. The average molecular weight is 705 g/mol. The summed E-state index contributed by atoms with van der Waals surface area (Å²) in [6.07, 6.45) is 3.89. The van der Waals surface area contributed by atoms with Crippen LogP contribution >= 0.6 is 12.2 Å². The van der Waals surface area contributed by atoms with Crippen LogP contribution in [0, 0.1) is 28.4 Å². The van der Waals surface area contributed by atoms with Crippen molar-refractivity contribution >= 4 is 35.0 Å². The molecule has 0 unspecified atom stereocenters. The monoisotopic (exact) mass is 704 g/mol. The predicted octanol–water partition coefficient (Wildman–Crippen LogP) is 6.41. The van der Waals surface area contributed by atoms with Crippen LogP contribution in [0.3, 0.4) is 0 Å². The van der Waals surface area contributed by atoms with Crippen LogP contribution in [-0.2, 0) is 19.1 Å². The van der Waals surface area contributed by atoms with Gasteiger partial charge in [0.25, 0.3) is 0 Å². The summed E-state index contributed by atoms with van der Waals surface area (Å²) in [6, 6.07) is 2.34. The van der Waals surface area contributed by atoms with Crippen molar-refractivity contribution in [3.63, 3.8) is 0 Å². The summed E-state index contributed by atoms with van der Waals surface area (Å²) in [7, 11) is 1.73. The van der Waals surface area contributed by atoms with Crippen molar-refractivity contribution in [2.75, 3.05) is 39.8 Å². The van der Waals surface area contributed by atoms with E-state index in [9.17, 15) is 18.8 Å². The molecule has 274 valence electrons. The number of benzene rings is 1. The molecular weight excluding hydrogens is 647 g/mol. The van der Waals surface area contributed by atoms with Crippen LogP contribution in [0.5, 0.6) is 0 Å².